The summed E-state index contributed by atoms with van der Waals surface area (Å²) in [7, 11) is 1.44. The van der Waals surface area contributed by atoms with Crippen LogP contribution in [0.1, 0.15) is 39.0 Å². The van der Waals surface area contributed by atoms with Gasteiger partial charge in [-0.15, -0.1) is 20.4 Å². The number of amides is 1. The molecule has 0 spiro atoms. The van der Waals surface area contributed by atoms with Crippen LogP contribution in [0, 0.1) is 11.8 Å². The number of aromatic nitrogens is 5. The molecular weight excluding hydrogens is 410 g/mol. The second kappa shape index (κ2) is 8.53. The van der Waals surface area contributed by atoms with Crippen molar-refractivity contribution in [1.82, 2.24) is 24.8 Å². The standard InChI is InChI=1S/C22H17N7O3/c1-13(30)14-4-3-5-15(10-14)21(31)24-18-11-16(22(32-2)28-25-18)6-8-19-26-27-20-9-7-17(23)12-29(19)20/h3-5,7,9-12H,23H2,1-2H3,(H,24,25,31). The average molecular weight is 427 g/mol. The van der Waals surface area contributed by atoms with Crippen molar-refractivity contribution in [3.05, 3.63) is 71.2 Å². The topological polar surface area (TPSA) is 137 Å². The molecule has 10 nitrogen and oxygen atoms in total. The van der Waals surface area contributed by atoms with Gasteiger partial charge in [-0.05, 0) is 37.1 Å². The van der Waals surface area contributed by atoms with Gasteiger partial charge in [0, 0.05) is 29.1 Å². The van der Waals surface area contributed by atoms with Crippen molar-refractivity contribution < 1.29 is 14.3 Å². The monoisotopic (exact) mass is 427 g/mol. The Bertz CT molecular complexity index is 1420. The number of anilines is 2. The van der Waals surface area contributed by atoms with Gasteiger partial charge in [0.25, 0.3) is 5.91 Å². The first kappa shape index (κ1) is 20.5. The summed E-state index contributed by atoms with van der Waals surface area (Å²) in [6, 6.07) is 11.4. The zero-order valence-electron chi connectivity index (χ0n) is 17.2. The number of carbonyl (C=O) groups is 2. The average Bonchev–Trinajstić information content (AvgIpc) is 3.19. The van der Waals surface area contributed by atoms with Crippen LogP contribution in [0.5, 0.6) is 5.88 Å². The number of pyridine rings is 1. The quantitative estimate of drug-likeness (QED) is 0.372. The smallest absolute Gasteiger partial charge is 0.256 e. The number of benzene rings is 1. The van der Waals surface area contributed by atoms with Crippen LogP contribution < -0.4 is 15.8 Å². The number of methoxy groups -OCH3 is 1. The first-order valence-corrected chi connectivity index (χ1v) is 9.41. The van der Waals surface area contributed by atoms with Gasteiger partial charge < -0.3 is 15.8 Å². The van der Waals surface area contributed by atoms with Crippen LogP contribution in [-0.4, -0.2) is 43.6 Å². The fourth-order valence-corrected chi connectivity index (χ4v) is 2.87. The summed E-state index contributed by atoms with van der Waals surface area (Å²) in [6.07, 6.45) is 1.67. The second-order valence-corrected chi connectivity index (χ2v) is 6.71. The van der Waals surface area contributed by atoms with Crippen LogP contribution in [0.4, 0.5) is 11.5 Å². The second-order valence-electron chi connectivity index (χ2n) is 6.71. The molecule has 3 heterocycles. The lowest BCUT2D eigenvalue weighted by Crippen LogP contribution is -2.14. The molecule has 3 aromatic heterocycles. The lowest BCUT2D eigenvalue weighted by atomic mass is 10.1. The van der Waals surface area contributed by atoms with E-state index in [1.165, 1.54) is 26.2 Å². The minimum absolute atomic E-state index is 0.135. The van der Waals surface area contributed by atoms with E-state index in [4.69, 9.17) is 10.5 Å². The highest BCUT2D eigenvalue weighted by atomic mass is 16.5. The third kappa shape index (κ3) is 4.22. The number of ketones is 1. The summed E-state index contributed by atoms with van der Waals surface area (Å²) in [4.78, 5) is 24.1. The highest BCUT2D eigenvalue weighted by Crippen LogP contribution is 2.17. The van der Waals surface area contributed by atoms with E-state index in [0.29, 0.717) is 33.8 Å². The Kier molecular flexibility index (Phi) is 5.46. The van der Waals surface area contributed by atoms with Crippen LogP contribution in [0.25, 0.3) is 5.65 Å². The number of nitrogen functional groups attached to an aromatic ring is 1. The molecule has 158 valence electrons. The molecule has 0 radical (unpaired) electrons. The first-order valence-electron chi connectivity index (χ1n) is 9.41. The molecule has 10 heteroatoms. The molecule has 0 aliphatic carbocycles. The number of Topliss-reactive ketones (excluding diaryl/α,β-unsaturated/α-hetero) is 1. The van der Waals surface area contributed by atoms with Crippen LogP contribution in [0.15, 0.2) is 48.7 Å². The van der Waals surface area contributed by atoms with Crippen LogP contribution in [0.2, 0.25) is 0 Å². The number of hydrogen-bond acceptors (Lipinski definition) is 8. The molecule has 1 amide bonds. The molecule has 0 saturated carbocycles. The summed E-state index contributed by atoms with van der Waals surface area (Å²) in [6.45, 7) is 1.43. The number of fused-ring (bicyclic) bond motifs is 1. The highest BCUT2D eigenvalue weighted by molar-refractivity contribution is 6.05. The summed E-state index contributed by atoms with van der Waals surface area (Å²) >= 11 is 0. The summed E-state index contributed by atoms with van der Waals surface area (Å²) < 4.78 is 6.88. The van der Waals surface area contributed by atoms with Gasteiger partial charge in [0.05, 0.1) is 12.7 Å². The van der Waals surface area contributed by atoms with Gasteiger partial charge in [0.15, 0.2) is 17.2 Å². The van der Waals surface area contributed by atoms with Gasteiger partial charge in [-0.3, -0.25) is 14.0 Å². The van der Waals surface area contributed by atoms with Crippen molar-refractivity contribution in [2.75, 3.05) is 18.2 Å². The number of nitrogens with zero attached hydrogens (tertiary/aromatic N) is 5. The molecule has 0 aliphatic heterocycles. The minimum atomic E-state index is -0.439. The van der Waals surface area contributed by atoms with E-state index >= 15 is 0 Å². The van der Waals surface area contributed by atoms with Crippen molar-refractivity contribution >= 4 is 28.8 Å². The number of hydrogen-bond donors (Lipinski definition) is 2. The van der Waals surface area contributed by atoms with Crippen molar-refractivity contribution in [3.8, 4) is 17.7 Å². The Morgan fingerprint density at radius 2 is 1.84 bits per heavy atom. The third-order valence-electron chi connectivity index (χ3n) is 4.46. The van der Waals surface area contributed by atoms with Crippen molar-refractivity contribution in [2.24, 2.45) is 0 Å². The van der Waals surface area contributed by atoms with E-state index in [0.717, 1.165) is 0 Å². The molecule has 1 aromatic carbocycles. The lowest BCUT2D eigenvalue weighted by Gasteiger charge is -2.07. The number of nitrogens with one attached hydrogen (secondary N) is 1. The molecular formula is C22H17N7O3. The summed E-state index contributed by atoms with van der Waals surface area (Å²) in [5, 5.41) is 18.6. The van der Waals surface area contributed by atoms with Gasteiger partial charge >= 0.3 is 0 Å². The Labute approximate surface area is 182 Å². The fourth-order valence-electron chi connectivity index (χ4n) is 2.87. The van der Waals surface area contributed by atoms with Crippen molar-refractivity contribution in [3.63, 3.8) is 0 Å². The van der Waals surface area contributed by atoms with Gasteiger partial charge in [-0.25, -0.2) is 0 Å². The Balaban J connectivity index is 1.63. The van der Waals surface area contributed by atoms with E-state index in [2.05, 4.69) is 37.6 Å². The molecule has 4 aromatic rings. The molecule has 4 rings (SSSR count). The zero-order valence-corrected chi connectivity index (χ0v) is 17.2. The summed E-state index contributed by atoms with van der Waals surface area (Å²) in [5.41, 5.74) is 8.10. The molecule has 0 unspecified atom stereocenters. The normalized spacial score (nSPS) is 10.3. The molecule has 0 bridgehead atoms. The predicted octanol–water partition coefficient (Wildman–Crippen LogP) is 1.96. The number of ether oxygens (including phenoxy) is 1. The van der Waals surface area contributed by atoms with Crippen molar-refractivity contribution in [1.29, 1.82) is 0 Å². The molecule has 0 saturated heterocycles. The van der Waals surface area contributed by atoms with E-state index in [1.807, 2.05) is 0 Å². The molecule has 0 aliphatic rings. The van der Waals surface area contributed by atoms with E-state index in [9.17, 15) is 9.59 Å². The summed E-state index contributed by atoms with van der Waals surface area (Å²) in [5.74, 6) is 5.97. The van der Waals surface area contributed by atoms with Gasteiger partial charge in [0.1, 0.15) is 0 Å². The van der Waals surface area contributed by atoms with E-state index in [1.54, 1.807) is 40.9 Å². The number of nitrogens with two attached hydrogens (primary N) is 1. The fraction of sp³-hybridized carbons (Fsp3) is 0.0909. The molecule has 0 atom stereocenters. The van der Waals surface area contributed by atoms with Crippen LogP contribution in [0.3, 0.4) is 0 Å². The van der Waals surface area contributed by atoms with Gasteiger partial charge in [-0.2, -0.15) is 0 Å². The SMILES string of the molecule is COc1nnc(NC(=O)c2cccc(C(C)=O)c2)cc1C#Cc1nnc2ccc(N)cn12. The Morgan fingerprint density at radius 3 is 2.62 bits per heavy atom. The van der Waals surface area contributed by atoms with E-state index in [-0.39, 0.29) is 17.5 Å². The number of carbonyl (C=O) groups excluding carboxylic acids is 2. The lowest BCUT2D eigenvalue weighted by molar-refractivity contribution is 0.101. The van der Waals surface area contributed by atoms with Crippen molar-refractivity contribution in [2.45, 2.75) is 6.92 Å². The Hall–Kier alpha value is -4.78. The largest absolute Gasteiger partial charge is 0.479 e. The highest BCUT2D eigenvalue weighted by Gasteiger charge is 2.12. The van der Waals surface area contributed by atoms with Gasteiger partial charge in [-0.1, -0.05) is 18.1 Å². The maximum Gasteiger partial charge on any atom is 0.256 e. The minimum Gasteiger partial charge on any atom is -0.479 e. The van der Waals surface area contributed by atoms with Gasteiger partial charge in [0.2, 0.25) is 11.7 Å². The van der Waals surface area contributed by atoms with Crippen LogP contribution in [-0.2, 0) is 0 Å². The molecule has 32 heavy (non-hydrogen) atoms. The third-order valence-corrected chi connectivity index (χ3v) is 4.46. The first-order chi connectivity index (χ1) is 15.4. The maximum absolute atomic E-state index is 12.6. The van der Waals surface area contributed by atoms with E-state index < -0.39 is 5.91 Å². The maximum atomic E-state index is 12.6. The molecule has 3 N–H and O–H groups in total. The zero-order chi connectivity index (χ0) is 22.7. The van der Waals surface area contributed by atoms with Crippen LogP contribution >= 0.6 is 0 Å². The molecule has 0 fully saturated rings. The number of rotatable bonds is 4. The Morgan fingerprint density at radius 1 is 1.03 bits per heavy atom. The predicted molar refractivity (Wildman–Crippen MR) is 116 cm³/mol.